The minimum absolute atomic E-state index is 0.0530. The van der Waals surface area contributed by atoms with E-state index in [-0.39, 0.29) is 24.1 Å². The first-order valence-electron chi connectivity index (χ1n) is 5.07. The smallest absolute Gasteiger partial charge is 0.134 e. The van der Waals surface area contributed by atoms with Crippen molar-refractivity contribution >= 4 is 5.78 Å². The predicted octanol–water partition coefficient (Wildman–Crippen LogP) is 1.85. The summed E-state index contributed by atoms with van der Waals surface area (Å²) in [5.41, 5.74) is 1.77. The second kappa shape index (κ2) is 3.57. The molecule has 0 aliphatic carbocycles. The SMILES string of the molecule is CC(=O)Cc1cc2c(cc1O)OC(C)C2. The second-order valence-electron chi connectivity index (χ2n) is 4.10. The first-order valence-corrected chi connectivity index (χ1v) is 5.07. The molecule has 80 valence electrons. The standard InChI is InChI=1S/C12H14O3/c1-7(13)3-9-5-10-4-8(2)15-12(10)6-11(9)14/h5-6,8,14H,3-4H2,1-2H3. The molecule has 0 saturated heterocycles. The van der Waals surface area contributed by atoms with Crippen molar-refractivity contribution in [2.24, 2.45) is 0 Å². The molecule has 1 aliphatic rings. The largest absolute Gasteiger partial charge is 0.508 e. The number of ether oxygens (including phenoxy) is 1. The van der Waals surface area contributed by atoms with Gasteiger partial charge in [-0.1, -0.05) is 0 Å². The van der Waals surface area contributed by atoms with Crippen LogP contribution in [0.25, 0.3) is 0 Å². The van der Waals surface area contributed by atoms with Crippen LogP contribution in [0.1, 0.15) is 25.0 Å². The Bertz CT molecular complexity index is 410. The summed E-state index contributed by atoms with van der Waals surface area (Å²) in [4.78, 5) is 11.0. The van der Waals surface area contributed by atoms with Crippen LogP contribution in [-0.2, 0) is 17.6 Å². The van der Waals surface area contributed by atoms with Crippen LogP contribution in [-0.4, -0.2) is 17.0 Å². The lowest BCUT2D eigenvalue weighted by Crippen LogP contribution is -2.05. The van der Waals surface area contributed by atoms with Crippen LogP contribution in [0, 0.1) is 0 Å². The highest BCUT2D eigenvalue weighted by Crippen LogP contribution is 2.34. The van der Waals surface area contributed by atoms with E-state index in [0.717, 1.165) is 17.7 Å². The first kappa shape index (κ1) is 10.0. The minimum Gasteiger partial charge on any atom is -0.508 e. The Morgan fingerprint density at radius 2 is 2.33 bits per heavy atom. The lowest BCUT2D eigenvalue weighted by Gasteiger charge is -2.06. The molecule has 0 saturated carbocycles. The van der Waals surface area contributed by atoms with E-state index in [1.165, 1.54) is 6.92 Å². The Kier molecular flexibility index (Phi) is 2.39. The molecule has 0 radical (unpaired) electrons. The van der Waals surface area contributed by atoms with Gasteiger partial charge in [-0.15, -0.1) is 0 Å². The lowest BCUT2D eigenvalue weighted by molar-refractivity contribution is -0.116. The van der Waals surface area contributed by atoms with E-state index in [1.54, 1.807) is 6.07 Å². The number of hydrogen-bond acceptors (Lipinski definition) is 3. The topological polar surface area (TPSA) is 46.5 Å². The Morgan fingerprint density at radius 3 is 3.00 bits per heavy atom. The van der Waals surface area contributed by atoms with Crippen LogP contribution in [0.4, 0.5) is 0 Å². The summed E-state index contributed by atoms with van der Waals surface area (Å²) >= 11 is 0. The fraction of sp³-hybridized carbons (Fsp3) is 0.417. The van der Waals surface area contributed by atoms with Crippen LogP contribution in [0.15, 0.2) is 12.1 Å². The van der Waals surface area contributed by atoms with Gasteiger partial charge in [-0.05, 0) is 25.5 Å². The van der Waals surface area contributed by atoms with Gasteiger partial charge in [-0.3, -0.25) is 4.79 Å². The van der Waals surface area contributed by atoms with Crippen molar-refractivity contribution in [3.05, 3.63) is 23.3 Å². The van der Waals surface area contributed by atoms with Crippen molar-refractivity contribution in [2.45, 2.75) is 32.8 Å². The third-order valence-corrected chi connectivity index (χ3v) is 2.54. The molecule has 1 aromatic carbocycles. The molecule has 1 aromatic rings. The number of hydrogen-bond donors (Lipinski definition) is 1. The normalized spacial score (nSPS) is 18.4. The Hall–Kier alpha value is -1.51. The number of aromatic hydroxyl groups is 1. The first-order chi connectivity index (χ1) is 7.06. The molecule has 2 rings (SSSR count). The molecular formula is C12H14O3. The van der Waals surface area contributed by atoms with E-state index in [0.29, 0.717) is 5.56 Å². The summed E-state index contributed by atoms with van der Waals surface area (Å²) in [7, 11) is 0. The van der Waals surface area contributed by atoms with Crippen LogP contribution < -0.4 is 4.74 Å². The van der Waals surface area contributed by atoms with Gasteiger partial charge in [0, 0.05) is 24.5 Å². The van der Waals surface area contributed by atoms with Crippen molar-refractivity contribution in [3.63, 3.8) is 0 Å². The highest BCUT2D eigenvalue weighted by Gasteiger charge is 2.21. The number of Topliss-reactive ketones (excluding diaryl/α,β-unsaturated/α-hetero) is 1. The molecule has 0 fully saturated rings. The van der Waals surface area contributed by atoms with Crippen LogP contribution in [0.2, 0.25) is 0 Å². The number of carbonyl (C=O) groups excluding carboxylic acids is 1. The van der Waals surface area contributed by atoms with Gasteiger partial charge in [-0.25, -0.2) is 0 Å². The van der Waals surface area contributed by atoms with E-state index in [2.05, 4.69) is 0 Å². The van der Waals surface area contributed by atoms with Crippen LogP contribution in [0.5, 0.6) is 11.5 Å². The third kappa shape index (κ3) is 1.96. The Morgan fingerprint density at radius 1 is 1.60 bits per heavy atom. The fourth-order valence-corrected chi connectivity index (χ4v) is 1.91. The Balaban J connectivity index is 2.35. The highest BCUT2D eigenvalue weighted by molar-refractivity contribution is 5.79. The zero-order valence-corrected chi connectivity index (χ0v) is 8.91. The molecule has 0 amide bonds. The molecule has 1 unspecified atom stereocenters. The van der Waals surface area contributed by atoms with E-state index >= 15 is 0 Å². The van der Waals surface area contributed by atoms with Gasteiger partial charge in [-0.2, -0.15) is 0 Å². The predicted molar refractivity (Wildman–Crippen MR) is 56.3 cm³/mol. The summed E-state index contributed by atoms with van der Waals surface area (Å²) in [5.74, 6) is 0.947. The molecule has 0 spiro atoms. The van der Waals surface area contributed by atoms with E-state index in [9.17, 15) is 9.90 Å². The van der Waals surface area contributed by atoms with Gasteiger partial charge in [0.2, 0.25) is 0 Å². The monoisotopic (exact) mass is 206 g/mol. The summed E-state index contributed by atoms with van der Waals surface area (Å²) < 4.78 is 5.50. The maximum absolute atomic E-state index is 11.0. The molecule has 3 heteroatoms. The number of rotatable bonds is 2. The number of phenols is 1. The maximum atomic E-state index is 11.0. The van der Waals surface area contributed by atoms with Gasteiger partial charge in [0.25, 0.3) is 0 Å². The summed E-state index contributed by atoms with van der Waals surface area (Å²) in [5, 5.41) is 9.68. The maximum Gasteiger partial charge on any atom is 0.134 e. The zero-order valence-electron chi connectivity index (χ0n) is 8.91. The summed E-state index contributed by atoms with van der Waals surface area (Å²) in [6, 6.07) is 3.48. The van der Waals surface area contributed by atoms with Crippen LogP contribution >= 0.6 is 0 Å². The van der Waals surface area contributed by atoms with Gasteiger partial charge in [0.05, 0.1) is 0 Å². The summed E-state index contributed by atoms with van der Waals surface area (Å²) in [6.45, 7) is 3.51. The Labute approximate surface area is 88.7 Å². The molecule has 1 N–H and O–H groups in total. The van der Waals surface area contributed by atoms with Crippen molar-refractivity contribution in [1.29, 1.82) is 0 Å². The number of phenolic OH excluding ortho intramolecular Hbond substituents is 1. The number of carbonyl (C=O) groups is 1. The lowest BCUT2D eigenvalue weighted by atomic mass is 10.0. The van der Waals surface area contributed by atoms with Gasteiger partial charge >= 0.3 is 0 Å². The molecule has 1 atom stereocenters. The second-order valence-corrected chi connectivity index (χ2v) is 4.10. The van der Waals surface area contributed by atoms with Gasteiger partial charge < -0.3 is 9.84 Å². The fourth-order valence-electron chi connectivity index (χ4n) is 1.91. The van der Waals surface area contributed by atoms with E-state index in [4.69, 9.17) is 4.74 Å². The minimum atomic E-state index is 0.0530. The van der Waals surface area contributed by atoms with E-state index < -0.39 is 0 Å². The number of benzene rings is 1. The molecular weight excluding hydrogens is 192 g/mol. The van der Waals surface area contributed by atoms with Gasteiger partial charge in [0.15, 0.2) is 0 Å². The van der Waals surface area contributed by atoms with Crippen LogP contribution in [0.3, 0.4) is 0 Å². The number of fused-ring (bicyclic) bond motifs is 1. The van der Waals surface area contributed by atoms with Crippen molar-refractivity contribution in [3.8, 4) is 11.5 Å². The van der Waals surface area contributed by atoms with Crippen molar-refractivity contribution in [1.82, 2.24) is 0 Å². The molecule has 1 aliphatic heterocycles. The molecule has 0 aromatic heterocycles. The number of ketones is 1. The third-order valence-electron chi connectivity index (χ3n) is 2.54. The average Bonchev–Trinajstić information content (AvgIpc) is 2.44. The van der Waals surface area contributed by atoms with Gasteiger partial charge in [0.1, 0.15) is 23.4 Å². The van der Waals surface area contributed by atoms with Crippen molar-refractivity contribution in [2.75, 3.05) is 0 Å². The average molecular weight is 206 g/mol. The highest BCUT2D eigenvalue weighted by atomic mass is 16.5. The quantitative estimate of drug-likeness (QED) is 0.803. The molecule has 3 nitrogen and oxygen atoms in total. The molecule has 15 heavy (non-hydrogen) atoms. The molecule has 1 heterocycles. The van der Waals surface area contributed by atoms with E-state index in [1.807, 2.05) is 13.0 Å². The zero-order chi connectivity index (χ0) is 11.0. The summed E-state index contributed by atoms with van der Waals surface area (Å²) in [6.07, 6.45) is 1.29. The van der Waals surface area contributed by atoms with Crippen molar-refractivity contribution < 1.29 is 14.6 Å². The molecule has 0 bridgehead atoms.